The topological polar surface area (TPSA) is 64.4 Å². The monoisotopic (exact) mass is 354 g/mol. The van der Waals surface area contributed by atoms with Crippen molar-refractivity contribution < 1.29 is 14.1 Å². The van der Waals surface area contributed by atoms with E-state index in [4.69, 9.17) is 4.74 Å². The van der Waals surface area contributed by atoms with Crippen LogP contribution in [0.15, 0.2) is 40.9 Å². The number of hydrogen-bond acceptors (Lipinski definition) is 4. The van der Waals surface area contributed by atoms with E-state index in [1.165, 1.54) is 25.3 Å². The van der Waals surface area contributed by atoms with Crippen LogP contribution in [0.1, 0.15) is 5.56 Å². The van der Waals surface area contributed by atoms with Gasteiger partial charge < -0.3 is 10.1 Å². The maximum Gasteiger partial charge on any atom is 0.311 e. The third kappa shape index (κ3) is 3.69. The van der Waals surface area contributed by atoms with Crippen LogP contribution in [0.4, 0.5) is 15.8 Å². The minimum Gasteiger partial charge on any atom is -0.490 e. The highest BCUT2D eigenvalue weighted by Gasteiger charge is 2.14. The average Bonchev–Trinajstić information content (AvgIpc) is 2.47. The largest absolute Gasteiger partial charge is 0.490 e. The number of nitrogens with zero attached hydrogens (tertiary/aromatic N) is 1. The Bertz CT molecular complexity index is 679. The van der Waals surface area contributed by atoms with Crippen LogP contribution in [0.5, 0.6) is 5.75 Å². The molecule has 0 amide bonds. The zero-order valence-corrected chi connectivity index (χ0v) is 12.7. The lowest BCUT2D eigenvalue weighted by atomic mass is 10.2. The number of nitrogens with one attached hydrogen (secondary N) is 1. The molecule has 110 valence electrons. The van der Waals surface area contributed by atoms with Gasteiger partial charge in [0.15, 0.2) is 5.75 Å². The SMILES string of the molecule is COc1cc(NCc2cc(Br)ccc2F)ccc1[N+](=O)[O-]. The van der Waals surface area contributed by atoms with Crippen LogP contribution in [0, 0.1) is 15.9 Å². The molecule has 0 atom stereocenters. The van der Waals surface area contributed by atoms with Crippen molar-refractivity contribution >= 4 is 27.3 Å². The lowest BCUT2D eigenvalue weighted by Gasteiger charge is -2.09. The first-order valence-corrected chi connectivity index (χ1v) is 6.81. The molecule has 1 N–H and O–H groups in total. The highest BCUT2D eigenvalue weighted by molar-refractivity contribution is 9.10. The fourth-order valence-corrected chi connectivity index (χ4v) is 2.22. The first-order valence-electron chi connectivity index (χ1n) is 6.01. The Balaban J connectivity index is 2.17. The number of rotatable bonds is 5. The second-order valence-corrected chi connectivity index (χ2v) is 5.15. The van der Waals surface area contributed by atoms with Crippen molar-refractivity contribution in [2.24, 2.45) is 0 Å². The van der Waals surface area contributed by atoms with E-state index in [9.17, 15) is 14.5 Å². The Kier molecular flexibility index (Phi) is 4.74. The molecule has 2 rings (SSSR count). The Morgan fingerprint density at radius 3 is 2.76 bits per heavy atom. The van der Waals surface area contributed by atoms with Crippen molar-refractivity contribution in [2.75, 3.05) is 12.4 Å². The van der Waals surface area contributed by atoms with Crippen LogP contribution in [-0.2, 0) is 6.54 Å². The predicted molar refractivity (Wildman–Crippen MR) is 81.1 cm³/mol. The van der Waals surface area contributed by atoms with E-state index in [0.29, 0.717) is 11.3 Å². The molecule has 0 aromatic heterocycles. The summed E-state index contributed by atoms with van der Waals surface area (Å²) in [5, 5.41) is 13.8. The second kappa shape index (κ2) is 6.53. The third-order valence-electron chi connectivity index (χ3n) is 2.87. The van der Waals surface area contributed by atoms with Gasteiger partial charge in [0, 0.05) is 34.4 Å². The summed E-state index contributed by atoms with van der Waals surface area (Å²) in [6.07, 6.45) is 0. The quantitative estimate of drug-likeness (QED) is 0.647. The summed E-state index contributed by atoms with van der Waals surface area (Å²) in [6.45, 7) is 0.256. The Labute approximate surface area is 129 Å². The number of benzene rings is 2. The Morgan fingerprint density at radius 1 is 1.33 bits per heavy atom. The first kappa shape index (κ1) is 15.2. The molecule has 0 aliphatic heterocycles. The molecular formula is C14H12BrFN2O3. The van der Waals surface area contributed by atoms with Crippen LogP contribution in [0.25, 0.3) is 0 Å². The summed E-state index contributed by atoms with van der Waals surface area (Å²) in [5.41, 5.74) is 0.982. The molecule has 7 heteroatoms. The normalized spacial score (nSPS) is 10.2. The van der Waals surface area contributed by atoms with E-state index in [-0.39, 0.29) is 23.8 Å². The summed E-state index contributed by atoms with van der Waals surface area (Å²) in [7, 11) is 1.36. The zero-order valence-electron chi connectivity index (χ0n) is 11.1. The molecule has 0 bridgehead atoms. The number of nitro groups is 1. The maximum atomic E-state index is 13.6. The van der Waals surface area contributed by atoms with Gasteiger partial charge in [0.25, 0.3) is 0 Å². The van der Waals surface area contributed by atoms with Crippen LogP contribution in [0.3, 0.4) is 0 Å². The van der Waals surface area contributed by atoms with Gasteiger partial charge >= 0.3 is 5.69 Å². The molecule has 0 aliphatic rings. The number of anilines is 1. The molecule has 2 aromatic rings. The fraction of sp³-hybridized carbons (Fsp3) is 0.143. The van der Waals surface area contributed by atoms with Gasteiger partial charge in [0.2, 0.25) is 0 Å². The second-order valence-electron chi connectivity index (χ2n) is 4.23. The van der Waals surface area contributed by atoms with Crippen molar-refractivity contribution in [3.63, 3.8) is 0 Å². The summed E-state index contributed by atoms with van der Waals surface area (Å²) in [4.78, 5) is 10.3. The van der Waals surface area contributed by atoms with Gasteiger partial charge in [0.05, 0.1) is 12.0 Å². The summed E-state index contributed by atoms with van der Waals surface area (Å²) in [5.74, 6) is -0.167. The van der Waals surface area contributed by atoms with Gasteiger partial charge in [-0.3, -0.25) is 10.1 Å². The van der Waals surface area contributed by atoms with Crippen LogP contribution in [0.2, 0.25) is 0 Å². The van der Waals surface area contributed by atoms with Crippen LogP contribution < -0.4 is 10.1 Å². The van der Waals surface area contributed by atoms with Crippen molar-refractivity contribution in [3.05, 3.63) is 62.4 Å². The molecule has 0 fully saturated rings. The summed E-state index contributed by atoms with van der Waals surface area (Å²) >= 11 is 3.28. The van der Waals surface area contributed by atoms with Gasteiger partial charge in [-0.2, -0.15) is 0 Å². The molecule has 0 unspecified atom stereocenters. The number of methoxy groups -OCH3 is 1. The van der Waals surface area contributed by atoms with Crippen molar-refractivity contribution in [2.45, 2.75) is 6.54 Å². The average molecular weight is 355 g/mol. The smallest absolute Gasteiger partial charge is 0.311 e. The minimum absolute atomic E-state index is 0.114. The molecule has 2 aromatic carbocycles. The predicted octanol–water partition coefficient (Wildman–Crippen LogP) is 4.12. The van der Waals surface area contributed by atoms with E-state index in [1.807, 2.05) is 0 Å². The van der Waals surface area contributed by atoms with Gasteiger partial charge in [0.1, 0.15) is 5.82 Å². The van der Waals surface area contributed by atoms with Crippen molar-refractivity contribution in [1.82, 2.24) is 0 Å². The Morgan fingerprint density at radius 2 is 2.10 bits per heavy atom. The van der Waals surface area contributed by atoms with Gasteiger partial charge in [-0.25, -0.2) is 4.39 Å². The summed E-state index contributed by atoms with van der Waals surface area (Å²) in [6, 6.07) is 9.07. The van der Waals surface area contributed by atoms with E-state index in [0.717, 1.165) is 4.47 Å². The fourth-order valence-electron chi connectivity index (χ4n) is 1.81. The van der Waals surface area contributed by atoms with Gasteiger partial charge in [-0.1, -0.05) is 15.9 Å². The molecule has 0 heterocycles. The van der Waals surface area contributed by atoms with E-state index in [1.54, 1.807) is 18.2 Å². The number of ether oxygens (including phenoxy) is 1. The zero-order chi connectivity index (χ0) is 15.4. The molecule has 5 nitrogen and oxygen atoms in total. The Hall–Kier alpha value is -2.15. The van der Waals surface area contributed by atoms with E-state index >= 15 is 0 Å². The van der Waals surface area contributed by atoms with Crippen molar-refractivity contribution in [3.8, 4) is 5.75 Å². The van der Waals surface area contributed by atoms with Crippen LogP contribution >= 0.6 is 15.9 Å². The van der Waals surface area contributed by atoms with E-state index < -0.39 is 4.92 Å². The molecule has 0 radical (unpaired) electrons. The highest BCUT2D eigenvalue weighted by Crippen LogP contribution is 2.30. The van der Waals surface area contributed by atoms with Crippen LogP contribution in [-0.4, -0.2) is 12.0 Å². The molecular weight excluding hydrogens is 343 g/mol. The lowest BCUT2D eigenvalue weighted by molar-refractivity contribution is -0.385. The molecule has 0 aliphatic carbocycles. The third-order valence-corrected chi connectivity index (χ3v) is 3.36. The standard InChI is InChI=1S/C14H12BrFN2O3/c1-21-14-7-11(3-5-13(14)18(19)20)17-8-9-6-10(15)2-4-12(9)16/h2-7,17H,8H2,1H3. The summed E-state index contributed by atoms with van der Waals surface area (Å²) < 4.78 is 19.4. The maximum absolute atomic E-state index is 13.6. The molecule has 0 saturated heterocycles. The van der Waals surface area contributed by atoms with E-state index in [2.05, 4.69) is 21.2 Å². The molecule has 0 spiro atoms. The number of hydrogen-bond donors (Lipinski definition) is 1. The highest BCUT2D eigenvalue weighted by atomic mass is 79.9. The van der Waals surface area contributed by atoms with Crippen molar-refractivity contribution in [1.29, 1.82) is 0 Å². The number of nitro benzene ring substituents is 1. The first-order chi connectivity index (χ1) is 10.0. The lowest BCUT2D eigenvalue weighted by Crippen LogP contribution is -2.03. The molecule has 21 heavy (non-hydrogen) atoms. The van der Waals surface area contributed by atoms with Gasteiger partial charge in [-0.15, -0.1) is 0 Å². The number of halogens is 2. The minimum atomic E-state index is -0.517. The molecule has 0 saturated carbocycles. The van der Waals surface area contributed by atoms with Gasteiger partial charge in [-0.05, 0) is 24.3 Å².